The number of likely N-dealkylation sites (N-methyl/N-ethyl adjacent to an activating group) is 1. The molecule has 0 atom stereocenters. The molecule has 0 fully saturated rings. The minimum absolute atomic E-state index is 0.203. The van der Waals surface area contributed by atoms with Crippen molar-refractivity contribution in [3.63, 3.8) is 0 Å². The average molecular weight is 342 g/mol. The zero-order valence-electron chi connectivity index (χ0n) is 14.2. The summed E-state index contributed by atoms with van der Waals surface area (Å²) in [5.74, 6) is 2.16. The molecular weight excluding hydrogens is 320 g/mol. The number of hydrogen-bond donors (Lipinski definition) is 1. The fourth-order valence-electron chi connectivity index (χ4n) is 2.38. The number of carbonyl (C=O) groups is 1. The van der Waals surface area contributed by atoms with Crippen LogP contribution in [0.25, 0.3) is 0 Å². The highest BCUT2D eigenvalue weighted by molar-refractivity contribution is 5.89. The second kappa shape index (κ2) is 8.28. The lowest BCUT2D eigenvalue weighted by atomic mass is 10.3. The molecule has 6 nitrogen and oxygen atoms in total. The van der Waals surface area contributed by atoms with Gasteiger partial charge in [0.05, 0.1) is 19.8 Å². The van der Waals surface area contributed by atoms with E-state index in [0.717, 1.165) is 12.2 Å². The van der Waals surface area contributed by atoms with Crippen molar-refractivity contribution >= 4 is 11.7 Å². The van der Waals surface area contributed by atoms with E-state index >= 15 is 0 Å². The minimum atomic E-state index is -0.203. The fraction of sp³-hybridized carbons (Fsp3) is 0.316. The SMILES string of the molecule is CN(CCOc1ccccc1)C(=O)Nc1ccc2c(c1)OCCCO2. The number of rotatable bonds is 5. The molecule has 1 aliphatic rings. The number of benzene rings is 2. The first-order valence-corrected chi connectivity index (χ1v) is 8.32. The molecule has 0 bridgehead atoms. The molecule has 2 aromatic rings. The highest BCUT2D eigenvalue weighted by Crippen LogP contribution is 2.32. The van der Waals surface area contributed by atoms with E-state index in [0.29, 0.717) is 43.6 Å². The number of ether oxygens (including phenoxy) is 3. The molecular formula is C19H22N2O4. The van der Waals surface area contributed by atoms with Crippen LogP contribution in [0.1, 0.15) is 6.42 Å². The maximum Gasteiger partial charge on any atom is 0.321 e. The molecule has 6 heteroatoms. The van der Waals surface area contributed by atoms with E-state index in [9.17, 15) is 4.79 Å². The first-order valence-electron chi connectivity index (χ1n) is 8.32. The predicted octanol–water partition coefficient (Wildman–Crippen LogP) is 3.39. The van der Waals surface area contributed by atoms with E-state index in [1.807, 2.05) is 36.4 Å². The Labute approximate surface area is 147 Å². The smallest absolute Gasteiger partial charge is 0.321 e. The Bertz CT molecular complexity index is 706. The van der Waals surface area contributed by atoms with Crippen molar-refractivity contribution in [1.29, 1.82) is 0 Å². The zero-order chi connectivity index (χ0) is 17.5. The second-order valence-electron chi connectivity index (χ2n) is 5.73. The van der Waals surface area contributed by atoms with Gasteiger partial charge in [-0.3, -0.25) is 0 Å². The quantitative estimate of drug-likeness (QED) is 0.905. The molecule has 2 amide bonds. The Morgan fingerprint density at radius 2 is 1.88 bits per heavy atom. The molecule has 0 saturated heterocycles. The van der Waals surface area contributed by atoms with E-state index in [4.69, 9.17) is 14.2 Å². The van der Waals surface area contributed by atoms with Crippen LogP contribution in [0.5, 0.6) is 17.2 Å². The summed E-state index contributed by atoms with van der Waals surface area (Å²) in [6, 6.07) is 14.7. The third-order valence-corrected chi connectivity index (χ3v) is 3.78. The Kier molecular flexibility index (Phi) is 5.61. The van der Waals surface area contributed by atoms with Gasteiger partial charge in [0.15, 0.2) is 11.5 Å². The predicted molar refractivity (Wildman–Crippen MR) is 95.6 cm³/mol. The van der Waals surface area contributed by atoms with Gasteiger partial charge in [0.25, 0.3) is 0 Å². The molecule has 0 aliphatic carbocycles. The Balaban J connectivity index is 1.50. The lowest BCUT2D eigenvalue weighted by Crippen LogP contribution is -2.34. The lowest BCUT2D eigenvalue weighted by molar-refractivity contribution is 0.207. The molecule has 0 radical (unpaired) electrons. The summed E-state index contributed by atoms with van der Waals surface area (Å²) in [6.45, 7) is 2.16. The van der Waals surface area contributed by atoms with E-state index < -0.39 is 0 Å². The van der Waals surface area contributed by atoms with Crippen LogP contribution in [-0.2, 0) is 0 Å². The van der Waals surface area contributed by atoms with Crippen molar-refractivity contribution < 1.29 is 19.0 Å². The summed E-state index contributed by atoms with van der Waals surface area (Å²) < 4.78 is 16.8. The van der Waals surface area contributed by atoms with E-state index in [-0.39, 0.29) is 6.03 Å². The van der Waals surface area contributed by atoms with Crippen LogP contribution >= 0.6 is 0 Å². The van der Waals surface area contributed by atoms with Crippen LogP contribution in [0.2, 0.25) is 0 Å². The van der Waals surface area contributed by atoms with Gasteiger partial charge in [-0.15, -0.1) is 0 Å². The van der Waals surface area contributed by atoms with E-state index in [2.05, 4.69) is 5.32 Å². The second-order valence-corrected chi connectivity index (χ2v) is 5.73. The summed E-state index contributed by atoms with van der Waals surface area (Å²) in [6.07, 6.45) is 0.848. The van der Waals surface area contributed by atoms with Crippen LogP contribution in [0.3, 0.4) is 0 Å². The molecule has 3 rings (SSSR count). The molecule has 2 aromatic carbocycles. The number of hydrogen-bond acceptors (Lipinski definition) is 4. The third-order valence-electron chi connectivity index (χ3n) is 3.78. The zero-order valence-corrected chi connectivity index (χ0v) is 14.2. The average Bonchev–Trinajstić information content (AvgIpc) is 2.87. The first-order chi connectivity index (χ1) is 12.2. The van der Waals surface area contributed by atoms with Crippen LogP contribution in [-0.4, -0.2) is 44.3 Å². The number of urea groups is 1. The number of carbonyl (C=O) groups excluding carboxylic acids is 1. The van der Waals surface area contributed by atoms with Crippen molar-refractivity contribution in [2.24, 2.45) is 0 Å². The highest BCUT2D eigenvalue weighted by atomic mass is 16.5. The third kappa shape index (κ3) is 4.79. The van der Waals surface area contributed by atoms with Gasteiger partial charge in [-0.2, -0.15) is 0 Å². The normalized spacial score (nSPS) is 12.8. The number of anilines is 1. The van der Waals surface area contributed by atoms with Crippen molar-refractivity contribution in [1.82, 2.24) is 4.90 Å². The molecule has 0 spiro atoms. The number of para-hydroxylation sites is 1. The number of fused-ring (bicyclic) bond motifs is 1. The minimum Gasteiger partial charge on any atom is -0.492 e. The standard InChI is InChI=1S/C19H22N2O4/c1-21(10-13-23-16-6-3-2-4-7-16)19(22)20-15-8-9-17-18(14-15)25-12-5-11-24-17/h2-4,6-9,14H,5,10-13H2,1H3,(H,20,22). The Hall–Kier alpha value is -2.89. The van der Waals surface area contributed by atoms with Crippen molar-refractivity contribution in [3.8, 4) is 17.2 Å². The fourth-order valence-corrected chi connectivity index (χ4v) is 2.38. The van der Waals surface area contributed by atoms with E-state index in [1.54, 1.807) is 24.1 Å². The van der Waals surface area contributed by atoms with Crippen LogP contribution in [0.4, 0.5) is 10.5 Å². The van der Waals surface area contributed by atoms with Gasteiger partial charge in [0.1, 0.15) is 12.4 Å². The van der Waals surface area contributed by atoms with Crippen molar-refractivity contribution in [3.05, 3.63) is 48.5 Å². The van der Waals surface area contributed by atoms with Crippen LogP contribution in [0.15, 0.2) is 48.5 Å². The summed E-state index contributed by atoms with van der Waals surface area (Å²) in [5, 5.41) is 2.86. The Morgan fingerprint density at radius 3 is 2.68 bits per heavy atom. The summed E-state index contributed by atoms with van der Waals surface area (Å²) in [7, 11) is 1.73. The molecule has 25 heavy (non-hydrogen) atoms. The highest BCUT2D eigenvalue weighted by Gasteiger charge is 2.13. The van der Waals surface area contributed by atoms with Gasteiger partial charge in [-0.25, -0.2) is 4.79 Å². The topological polar surface area (TPSA) is 60.0 Å². The van der Waals surface area contributed by atoms with Gasteiger partial charge < -0.3 is 24.4 Å². The summed E-state index contributed by atoms with van der Waals surface area (Å²) in [5.41, 5.74) is 0.671. The van der Waals surface area contributed by atoms with Gasteiger partial charge in [0, 0.05) is 25.2 Å². The molecule has 1 N–H and O–H groups in total. The lowest BCUT2D eigenvalue weighted by Gasteiger charge is -2.18. The molecule has 0 saturated carbocycles. The molecule has 1 aliphatic heterocycles. The molecule has 132 valence electrons. The number of amides is 2. The maximum atomic E-state index is 12.3. The summed E-state index contributed by atoms with van der Waals surface area (Å²) in [4.78, 5) is 13.9. The van der Waals surface area contributed by atoms with Gasteiger partial charge in [0.2, 0.25) is 0 Å². The monoisotopic (exact) mass is 342 g/mol. The van der Waals surface area contributed by atoms with Crippen molar-refractivity contribution in [2.75, 3.05) is 38.7 Å². The van der Waals surface area contributed by atoms with Crippen molar-refractivity contribution in [2.45, 2.75) is 6.42 Å². The largest absolute Gasteiger partial charge is 0.492 e. The molecule has 0 aromatic heterocycles. The van der Waals surface area contributed by atoms with Gasteiger partial charge in [-0.05, 0) is 24.3 Å². The van der Waals surface area contributed by atoms with Crippen LogP contribution < -0.4 is 19.5 Å². The molecule has 1 heterocycles. The first kappa shape index (κ1) is 17.0. The number of nitrogens with one attached hydrogen (secondary N) is 1. The van der Waals surface area contributed by atoms with Gasteiger partial charge >= 0.3 is 6.03 Å². The Morgan fingerprint density at radius 1 is 1.12 bits per heavy atom. The molecule has 0 unspecified atom stereocenters. The maximum absolute atomic E-state index is 12.3. The summed E-state index contributed by atoms with van der Waals surface area (Å²) >= 11 is 0. The van der Waals surface area contributed by atoms with E-state index in [1.165, 1.54) is 0 Å². The number of nitrogens with zero attached hydrogens (tertiary/aromatic N) is 1. The van der Waals surface area contributed by atoms with Gasteiger partial charge in [-0.1, -0.05) is 18.2 Å². The van der Waals surface area contributed by atoms with Crippen LogP contribution in [0, 0.1) is 0 Å².